The van der Waals surface area contributed by atoms with E-state index in [-0.39, 0.29) is 11.3 Å². The smallest absolute Gasteiger partial charge is 0.260 e. The Labute approximate surface area is 148 Å². The molecule has 134 valence electrons. The average Bonchev–Trinajstić information content (AvgIpc) is 2.61. The van der Waals surface area contributed by atoms with E-state index in [1.165, 1.54) is 4.90 Å². The molecule has 1 saturated heterocycles. The van der Waals surface area contributed by atoms with Crippen molar-refractivity contribution >= 4 is 17.7 Å². The van der Waals surface area contributed by atoms with Gasteiger partial charge in [-0.3, -0.25) is 4.79 Å². The van der Waals surface area contributed by atoms with Gasteiger partial charge in [-0.15, -0.1) is 11.8 Å². The highest BCUT2D eigenvalue weighted by Gasteiger charge is 2.33. The van der Waals surface area contributed by atoms with Crippen molar-refractivity contribution in [1.29, 1.82) is 0 Å². The topological polar surface area (TPSA) is 59.6 Å². The largest absolute Gasteiger partial charge is 0.481 e. The second-order valence-corrected chi connectivity index (χ2v) is 7.22. The Morgan fingerprint density at radius 2 is 2.00 bits per heavy atom. The van der Waals surface area contributed by atoms with Gasteiger partial charge in [0, 0.05) is 24.0 Å². The number of carbonyl (C=O) groups excluding carboxylic acids is 1. The molecule has 1 aliphatic heterocycles. The SMILES string of the molecule is COCC1(CNC(=O)C(C)Oc2ccc(SC)cc2)CCNCC1. The molecule has 2 rings (SSSR count). The number of benzene rings is 1. The minimum absolute atomic E-state index is 0.0232. The molecule has 1 heterocycles. The number of piperidine rings is 1. The molecule has 24 heavy (non-hydrogen) atoms. The van der Waals surface area contributed by atoms with Crippen molar-refractivity contribution in [2.24, 2.45) is 5.41 Å². The van der Waals surface area contributed by atoms with Crippen LogP contribution in [0.3, 0.4) is 0 Å². The zero-order chi connectivity index (χ0) is 17.4. The average molecular weight is 353 g/mol. The number of nitrogens with one attached hydrogen (secondary N) is 2. The van der Waals surface area contributed by atoms with Gasteiger partial charge in [-0.05, 0) is 63.4 Å². The molecule has 0 aliphatic carbocycles. The van der Waals surface area contributed by atoms with E-state index in [2.05, 4.69) is 10.6 Å². The Kier molecular flexibility index (Phi) is 7.40. The van der Waals surface area contributed by atoms with Crippen LogP contribution in [0.4, 0.5) is 0 Å². The van der Waals surface area contributed by atoms with Crippen LogP contribution in [0, 0.1) is 5.41 Å². The molecule has 0 radical (unpaired) electrons. The summed E-state index contributed by atoms with van der Waals surface area (Å²) in [6.45, 7) is 5.00. The highest BCUT2D eigenvalue weighted by atomic mass is 32.2. The zero-order valence-electron chi connectivity index (χ0n) is 14.8. The van der Waals surface area contributed by atoms with Gasteiger partial charge in [0.25, 0.3) is 5.91 Å². The molecule has 6 heteroatoms. The van der Waals surface area contributed by atoms with Crippen LogP contribution in [0.25, 0.3) is 0 Å². The Balaban J connectivity index is 1.85. The van der Waals surface area contributed by atoms with E-state index in [0.717, 1.165) is 25.9 Å². The first kappa shape index (κ1) is 19.1. The third-order valence-corrected chi connectivity index (χ3v) is 5.24. The second-order valence-electron chi connectivity index (χ2n) is 6.34. The van der Waals surface area contributed by atoms with Crippen molar-refractivity contribution in [3.8, 4) is 5.75 Å². The number of methoxy groups -OCH3 is 1. The lowest BCUT2D eigenvalue weighted by Gasteiger charge is -2.37. The van der Waals surface area contributed by atoms with Crippen LogP contribution < -0.4 is 15.4 Å². The number of ether oxygens (including phenoxy) is 2. The maximum absolute atomic E-state index is 12.4. The summed E-state index contributed by atoms with van der Waals surface area (Å²) >= 11 is 1.68. The van der Waals surface area contributed by atoms with Gasteiger partial charge in [-0.25, -0.2) is 0 Å². The van der Waals surface area contributed by atoms with Gasteiger partial charge in [-0.1, -0.05) is 0 Å². The number of amides is 1. The van der Waals surface area contributed by atoms with Crippen LogP contribution >= 0.6 is 11.8 Å². The minimum Gasteiger partial charge on any atom is -0.481 e. The van der Waals surface area contributed by atoms with Crippen molar-refractivity contribution < 1.29 is 14.3 Å². The van der Waals surface area contributed by atoms with E-state index < -0.39 is 6.10 Å². The maximum atomic E-state index is 12.4. The molecule has 2 N–H and O–H groups in total. The molecular formula is C18H28N2O3S. The van der Waals surface area contributed by atoms with E-state index in [9.17, 15) is 4.79 Å². The van der Waals surface area contributed by atoms with Gasteiger partial charge in [-0.2, -0.15) is 0 Å². The van der Waals surface area contributed by atoms with Gasteiger partial charge < -0.3 is 20.1 Å². The molecule has 0 aromatic heterocycles. The van der Waals surface area contributed by atoms with Gasteiger partial charge in [0.15, 0.2) is 6.10 Å². The third-order valence-electron chi connectivity index (χ3n) is 4.49. The maximum Gasteiger partial charge on any atom is 0.260 e. The standard InChI is InChI=1S/C18H28N2O3S/c1-14(23-15-4-6-16(24-3)7-5-15)17(21)20-12-18(13-22-2)8-10-19-11-9-18/h4-7,14,19H,8-13H2,1-3H3,(H,20,21). The summed E-state index contributed by atoms with van der Waals surface area (Å²) in [5.41, 5.74) is 0.0232. The van der Waals surface area contributed by atoms with Crippen molar-refractivity contribution in [3.63, 3.8) is 0 Å². The highest BCUT2D eigenvalue weighted by molar-refractivity contribution is 7.98. The molecule has 1 atom stereocenters. The number of hydrogen-bond acceptors (Lipinski definition) is 5. The molecule has 1 aliphatic rings. The summed E-state index contributed by atoms with van der Waals surface area (Å²) < 4.78 is 11.1. The lowest BCUT2D eigenvalue weighted by molar-refractivity contribution is -0.128. The second kappa shape index (κ2) is 9.30. The van der Waals surface area contributed by atoms with E-state index in [0.29, 0.717) is 18.9 Å². The molecule has 0 saturated carbocycles. The van der Waals surface area contributed by atoms with Crippen LogP contribution in [0.5, 0.6) is 5.75 Å². The normalized spacial score (nSPS) is 18.0. The predicted octanol–water partition coefficient (Wildman–Crippen LogP) is 2.31. The molecule has 1 aromatic carbocycles. The lowest BCUT2D eigenvalue weighted by Crippen LogP contribution is -2.49. The molecule has 0 spiro atoms. The summed E-state index contributed by atoms with van der Waals surface area (Å²) in [7, 11) is 1.72. The van der Waals surface area contributed by atoms with Crippen LogP contribution in [0.15, 0.2) is 29.2 Å². The number of carbonyl (C=O) groups is 1. The van der Waals surface area contributed by atoms with E-state index in [4.69, 9.17) is 9.47 Å². The monoisotopic (exact) mass is 352 g/mol. The molecule has 1 amide bonds. The van der Waals surface area contributed by atoms with Gasteiger partial charge in [0.05, 0.1) is 6.61 Å². The summed E-state index contributed by atoms with van der Waals surface area (Å²) in [6, 6.07) is 7.78. The van der Waals surface area contributed by atoms with E-state index in [1.54, 1.807) is 25.8 Å². The van der Waals surface area contributed by atoms with Crippen molar-refractivity contribution in [2.45, 2.75) is 30.8 Å². The van der Waals surface area contributed by atoms with Gasteiger partial charge >= 0.3 is 0 Å². The van der Waals surface area contributed by atoms with Crippen LogP contribution in [0.1, 0.15) is 19.8 Å². The molecular weight excluding hydrogens is 324 g/mol. The Morgan fingerprint density at radius 3 is 2.58 bits per heavy atom. The molecule has 1 unspecified atom stereocenters. The van der Waals surface area contributed by atoms with Crippen molar-refractivity contribution in [3.05, 3.63) is 24.3 Å². The first-order valence-electron chi connectivity index (χ1n) is 8.37. The van der Waals surface area contributed by atoms with Gasteiger partial charge in [0.1, 0.15) is 5.75 Å². The zero-order valence-corrected chi connectivity index (χ0v) is 15.6. The first-order valence-corrected chi connectivity index (χ1v) is 9.59. The van der Waals surface area contributed by atoms with Crippen LogP contribution in [-0.4, -0.2) is 51.6 Å². The number of thioether (sulfide) groups is 1. The Bertz CT molecular complexity index is 510. The Hall–Kier alpha value is -1.24. The fourth-order valence-electron chi connectivity index (χ4n) is 2.97. The fourth-order valence-corrected chi connectivity index (χ4v) is 3.37. The number of rotatable bonds is 8. The predicted molar refractivity (Wildman–Crippen MR) is 97.7 cm³/mol. The van der Waals surface area contributed by atoms with Crippen LogP contribution in [0.2, 0.25) is 0 Å². The fraction of sp³-hybridized carbons (Fsp3) is 0.611. The summed E-state index contributed by atoms with van der Waals surface area (Å²) in [5, 5.41) is 6.40. The lowest BCUT2D eigenvalue weighted by atomic mass is 9.79. The molecule has 0 bridgehead atoms. The van der Waals surface area contributed by atoms with Crippen molar-refractivity contribution in [1.82, 2.24) is 10.6 Å². The minimum atomic E-state index is -0.522. The summed E-state index contributed by atoms with van der Waals surface area (Å²) in [6.07, 6.45) is 3.52. The summed E-state index contributed by atoms with van der Waals surface area (Å²) in [4.78, 5) is 13.5. The highest BCUT2D eigenvalue weighted by Crippen LogP contribution is 2.28. The van der Waals surface area contributed by atoms with Gasteiger partial charge in [0.2, 0.25) is 0 Å². The first-order chi connectivity index (χ1) is 11.6. The van der Waals surface area contributed by atoms with Crippen molar-refractivity contribution in [2.75, 3.05) is 39.6 Å². The molecule has 5 nitrogen and oxygen atoms in total. The molecule has 1 fully saturated rings. The van der Waals surface area contributed by atoms with E-state index in [1.807, 2.05) is 30.5 Å². The third kappa shape index (κ3) is 5.40. The molecule has 1 aromatic rings. The Morgan fingerprint density at radius 1 is 1.33 bits per heavy atom. The number of hydrogen-bond donors (Lipinski definition) is 2. The van der Waals surface area contributed by atoms with E-state index >= 15 is 0 Å². The quantitative estimate of drug-likeness (QED) is 0.703. The summed E-state index contributed by atoms with van der Waals surface area (Å²) in [5.74, 6) is 0.627. The van der Waals surface area contributed by atoms with Crippen LogP contribution in [-0.2, 0) is 9.53 Å².